The van der Waals surface area contributed by atoms with Gasteiger partial charge >= 0.3 is 11.9 Å². The van der Waals surface area contributed by atoms with Gasteiger partial charge in [-0.3, -0.25) is 0 Å². The molecule has 7 rings (SSSR count). The molecule has 1 unspecified atom stereocenters. The van der Waals surface area contributed by atoms with Crippen LogP contribution in [0.5, 0.6) is 5.75 Å². The van der Waals surface area contributed by atoms with Gasteiger partial charge in [-0.25, -0.2) is 14.2 Å². The second-order valence-corrected chi connectivity index (χ2v) is 13.2. The molecule has 2 heterocycles. The SMILES string of the molecule is CCN(CC)c1ccc2c(c1)OC1=Cc3oc4cc(=[N+](CC)CC)ccc-4c(-c4ccccc4C(=O)OC)c3C(C)C1=C2c1ccccc1C(=O)OC. The van der Waals surface area contributed by atoms with E-state index in [9.17, 15) is 9.59 Å². The number of hydrogen-bond donors (Lipinski definition) is 0. The Kier molecular flexibility index (Phi) is 9.80. The second-order valence-electron chi connectivity index (χ2n) is 13.2. The van der Waals surface area contributed by atoms with Crippen molar-refractivity contribution < 1.29 is 28.2 Å². The highest BCUT2D eigenvalue weighted by atomic mass is 16.5. The molecule has 0 amide bonds. The first kappa shape index (κ1) is 35.5. The first-order valence-corrected chi connectivity index (χ1v) is 18.4. The van der Waals surface area contributed by atoms with E-state index in [4.69, 9.17) is 18.6 Å². The average molecular weight is 710 g/mol. The van der Waals surface area contributed by atoms with Crippen LogP contribution in [0, 0.1) is 0 Å². The van der Waals surface area contributed by atoms with Gasteiger partial charge < -0.3 is 23.5 Å². The van der Waals surface area contributed by atoms with Gasteiger partial charge in [0.25, 0.3) is 0 Å². The van der Waals surface area contributed by atoms with Crippen LogP contribution in [-0.4, -0.2) is 52.3 Å². The quantitative estimate of drug-likeness (QED) is 0.112. The summed E-state index contributed by atoms with van der Waals surface area (Å²) in [6.45, 7) is 14.1. The molecule has 8 heteroatoms. The number of allylic oxidation sites excluding steroid dienone is 1. The van der Waals surface area contributed by atoms with Crippen LogP contribution in [0.1, 0.15) is 83.7 Å². The Hall–Kier alpha value is -5.89. The fourth-order valence-electron chi connectivity index (χ4n) is 7.95. The van der Waals surface area contributed by atoms with Crippen LogP contribution in [0.15, 0.2) is 101 Å². The maximum absolute atomic E-state index is 13.3. The van der Waals surface area contributed by atoms with E-state index in [1.807, 2.05) is 42.5 Å². The zero-order valence-electron chi connectivity index (χ0n) is 31.4. The molecule has 0 spiro atoms. The van der Waals surface area contributed by atoms with Gasteiger partial charge in [-0.05, 0) is 69.2 Å². The minimum absolute atomic E-state index is 0.308. The first-order chi connectivity index (χ1) is 25.8. The van der Waals surface area contributed by atoms with Gasteiger partial charge in [0.05, 0.1) is 31.4 Å². The van der Waals surface area contributed by atoms with Crippen LogP contribution in [0.2, 0.25) is 0 Å². The third kappa shape index (κ3) is 6.02. The standard InChI is InChI=1S/C45H45N2O6/c1-8-46(9-2)28-20-22-34-36(24-28)52-38-26-39-41(27(5)40(38)42(34)30-16-12-14-18-32(30)44(48)50-6)43(31-17-13-15-19-33(31)45(49)51-7)35-23-21-29(25-37(35)53-39)47(10-3)11-4/h12-27H,8-11H2,1-7H3/q+1. The van der Waals surface area contributed by atoms with Gasteiger partial charge in [-0.1, -0.05) is 43.3 Å². The van der Waals surface area contributed by atoms with E-state index in [0.717, 1.165) is 81.8 Å². The number of methoxy groups -OCH3 is 2. The van der Waals surface area contributed by atoms with Gasteiger partial charge in [-0.15, -0.1) is 0 Å². The largest absolute Gasteiger partial charge is 0.465 e. The molecule has 0 N–H and O–H groups in total. The monoisotopic (exact) mass is 709 g/mol. The number of esters is 2. The molecule has 270 valence electrons. The van der Waals surface area contributed by atoms with E-state index in [2.05, 4.69) is 80.5 Å². The maximum Gasteiger partial charge on any atom is 0.338 e. The highest BCUT2D eigenvalue weighted by Gasteiger charge is 2.39. The van der Waals surface area contributed by atoms with Crippen molar-refractivity contribution in [1.29, 1.82) is 0 Å². The molecule has 2 aliphatic heterocycles. The second kappa shape index (κ2) is 14.6. The molecular formula is C45H45N2O6+. The molecule has 0 radical (unpaired) electrons. The molecule has 2 aliphatic carbocycles. The Morgan fingerprint density at radius 2 is 1.38 bits per heavy atom. The van der Waals surface area contributed by atoms with Crippen molar-refractivity contribution >= 4 is 29.3 Å². The summed E-state index contributed by atoms with van der Waals surface area (Å²) in [5, 5.41) is 1.05. The van der Waals surface area contributed by atoms with Crippen molar-refractivity contribution in [2.75, 3.05) is 45.3 Å². The molecule has 0 aromatic heterocycles. The van der Waals surface area contributed by atoms with E-state index in [0.29, 0.717) is 34.2 Å². The summed E-state index contributed by atoms with van der Waals surface area (Å²) >= 11 is 0. The number of carbonyl (C=O) groups excluding carboxylic acids is 2. The van der Waals surface area contributed by atoms with E-state index in [1.54, 1.807) is 12.1 Å². The van der Waals surface area contributed by atoms with E-state index in [1.165, 1.54) is 14.2 Å². The fourth-order valence-corrected chi connectivity index (χ4v) is 7.95. The van der Waals surface area contributed by atoms with Crippen molar-refractivity contribution in [2.45, 2.75) is 40.5 Å². The lowest BCUT2D eigenvalue weighted by molar-refractivity contribution is 0.0592. The predicted molar refractivity (Wildman–Crippen MR) is 209 cm³/mol. The molecule has 1 atom stereocenters. The molecule has 3 aromatic rings. The molecule has 0 fully saturated rings. The zero-order valence-corrected chi connectivity index (χ0v) is 31.4. The predicted octanol–water partition coefficient (Wildman–Crippen LogP) is 8.64. The van der Waals surface area contributed by atoms with Crippen molar-refractivity contribution in [3.63, 3.8) is 0 Å². The summed E-state index contributed by atoms with van der Waals surface area (Å²) in [6, 6.07) is 27.7. The van der Waals surface area contributed by atoms with Gasteiger partial charge in [0.1, 0.15) is 36.1 Å². The lowest BCUT2D eigenvalue weighted by atomic mass is 9.74. The molecule has 4 aliphatic rings. The van der Waals surface area contributed by atoms with Crippen molar-refractivity contribution in [3.05, 3.63) is 135 Å². The Labute approximate surface area is 310 Å². The number of fused-ring (bicyclic) bond motifs is 4. The third-order valence-electron chi connectivity index (χ3n) is 10.6. The van der Waals surface area contributed by atoms with Gasteiger partial charge in [0, 0.05) is 76.3 Å². The zero-order chi connectivity index (χ0) is 37.4. The first-order valence-electron chi connectivity index (χ1n) is 18.4. The van der Waals surface area contributed by atoms with E-state index >= 15 is 0 Å². The third-order valence-corrected chi connectivity index (χ3v) is 10.6. The highest BCUT2D eigenvalue weighted by molar-refractivity contribution is 6.04. The Bertz CT molecular complexity index is 2350. The van der Waals surface area contributed by atoms with Crippen LogP contribution >= 0.6 is 0 Å². The molecule has 3 aromatic carbocycles. The number of benzene rings is 4. The van der Waals surface area contributed by atoms with Crippen LogP contribution < -0.4 is 19.6 Å². The Morgan fingerprint density at radius 3 is 2.02 bits per heavy atom. The molecule has 8 nitrogen and oxygen atoms in total. The van der Waals surface area contributed by atoms with Gasteiger partial charge in [0.15, 0.2) is 0 Å². The van der Waals surface area contributed by atoms with Crippen molar-refractivity contribution in [1.82, 2.24) is 4.58 Å². The number of nitrogens with zero attached hydrogens (tertiary/aromatic N) is 2. The molecule has 0 saturated heterocycles. The van der Waals surface area contributed by atoms with Gasteiger partial charge in [-0.2, -0.15) is 0 Å². The fraction of sp³-hybridized carbons (Fsp3) is 0.267. The van der Waals surface area contributed by atoms with Crippen LogP contribution in [0.3, 0.4) is 0 Å². The minimum Gasteiger partial charge on any atom is -0.465 e. The normalized spacial score (nSPS) is 14.4. The van der Waals surface area contributed by atoms with Crippen LogP contribution in [0.25, 0.3) is 34.1 Å². The number of anilines is 1. The summed E-state index contributed by atoms with van der Waals surface area (Å²) in [5.74, 6) is 1.50. The summed E-state index contributed by atoms with van der Waals surface area (Å²) in [4.78, 5) is 28.9. The summed E-state index contributed by atoms with van der Waals surface area (Å²) in [7, 11) is 2.80. The van der Waals surface area contributed by atoms with Crippen LogP contribution in [-0.2, 0) is 9.47 Å². The summed E-state index contributed by atoms with van der Waals surface area (Å²) < 4.78 is 26.6. The Balaban J connectivity index is 1.60. The number of hydrogen-bond acceptors (Lipinski definition) is 7. The summed E-state index contributed by atoms with van der Waals surface area (Å²) in [6.07, 6.45) is 1.96. The smallest absolute Gasteiger partial charge is 0.338 e. The lowest BCUT2D eigenvalue weighted by Crippen LogP contribution is -2.29. The highest BCUT2D eigenvalue weighted by Crippen LogP contribution is 2.54. The number of rotatable bonds is 9. The topological polar surface area (TPSA) is 81.2 Å². The maximum atomic E-state index is 13.3. The molecule has 53 heavy (non-hydrogen) atoms. The molecule has 0 saturated carbocycles. The molecule has 0 bridgehead atoms. The lowest BCUT2D eigenvalue weighted by Gasteiger charge is -2.35. The van der Waals surface area contributed by atoms with Gasteiger partial charge in [0.2, 0.25) is 5.36 Å². The number of carbonyl (C=O) groups is 2. The van der Waals surface area contributed by atoms with Crippen LogP contribution in [0.4, 0.5) is 5.69 Å². The van der Waals surface area contributed by atoms with E-state index in [-0.39, 0.29) is 5.92 Å². The summed E-state index contributed by atoms with van der Waals surface area (Å²) in [5.41, 5.74) is 8.77. The minimum atomic E-state index is -0.423. The van der Waals surface area contributed by atoms with Crippen molar-refractivity contribution in [3.8, 4) is 28.2 Å². The van der Waals surface area contributed by atoms with E-state index < -0.39 is 11.9 Å². The average Bonchev–Trinajstić information content (AvgIpc) is 3.19. The van der Waals surface area contributed by atoms with Crippen molar-refractivity contribution in [2.24, 2.45) is 0 Å². The Morgan fingerprint density at radius 1 is 0.755 bits per heavy atom. The number of ether oxygens (including phenoxy) is 3. The molecular weight excluding hydrogens is 665 g/mol.